The minimum absolute atomic E-state index is 0.0685. The molecule has 5 rings (SSSR count). The quantitative estimate of drug-likeness (QED) is 0.357. The second-order valence-electron chi connectivity index (χ2n) is 7.25. The Bertz CT molecular complexity index is 1440. The van der Waals surface area contributed by atoms with Gasteiger partial charge < -0.3 is 13.9 Å². The molecule has 0 aliphatic rings. The van der Waals surface area contributed by atoms with E-state index in [2.05, 4.69) is 9.97 Å². The molecular weight excluding hydrogens is 436 g/mol. The number of fused-ring (bicyclic) bond motifs is 1. The molecule has 0 atom stereocenters. The van der Waals surface area contributed by atoms with Gasteiger partial charge in [-0.25, -0.2) is 4.98 Å². The summed E-state index contributed by atoms with van der Waals surface area (Å²) in [5.74, 6) is 2.00. The summed E-state index contributed by atoms with van der Waals surface area (Å²) in [6.07, 6.45) is 0.978. The van der Waals surface area contributed by atoms with E-state index in [1.807, 2.05) is 43.3 Å². The van der Waals surface area contributed by atoms with Crippen LogP contribution < -0.4 is 4.87 Å². The number of oxazole rings is 1. The van der Waals surface area contributed by atoms with Crippen molar-refractivity contribution < 1.29 is 13.9 Å². The van der Waals surface area contributed by atoms with Gasteiger partial charge in [0.05, 0.1) is 17.0 Å². The number of aromatic nitrogens is 2. The SMILES string of the molecule is Cc1oc(-c2ccc(Cl)cc2)nc1Cc1cc2cc(Cc3sc(=O)[nH]c3O)ccc2o1. The van der Waals surface area contributed by atoms with E-state index in [0.29, 0.717) is 28.6 Å². The van der Waals surface area contributed by atoms with Gasteiger partial charge in [0.15, 0.2) is 0 Å². The summed E-state index contributed by atoms with van der Waals surface area (Å²) < 4.78 is 11.8. The first-order chi connectivity index (χ1) is 14.9. The summed E-state index contributed by atoms with van der Waals surface area (Å²) in [6, 6.07) is 15.2. The van der Waals surface area contributed by atoms with Gasteiger partial charge >= 0.3 is 4.87 Å². The van der Waals surface area contributed by atoms with E-state index in [4.69, 9.17) is 20.4 Å². The molecule has 2 aromatic carbocycles. The number of aromatic hydroxyl groups is 1. The van der Waals surface area contributed by atoms with Crippen molar-refractivity contribution >= 4 is 33.9 Å². The van der Waals surface area contributed by atoms with Crippen LogP contribution in [0.1, 0.15) is 27.7 Å². The average Bonchev–Trinajstić information content (AvgIpc) is 3.39. The van der Waals surface area contributed by atoms with Gasteiger partial charge in [-0.05, 0) is 55.0 Å². The number of H-pyrrole nitrogens is 1. The maximum absolute atomic E-state index is 11.4. The lowest BCUT2D eigenvalue weighted by Crippen LogP contribution is -1.89. The smallest absolute Gasteiger partial charge is 0.307 e. The number of hydrogen-bond acceptors (Lipinski definition) is 6. The van der Waals surface area contributed by atoms with Crippen LogP contribution in [0.15, 0.2) is 62.2 Å². The molecule has 0 radical (unpaired) electrons. The van der Waals surface area contributed by atoms with Crippen LogP contribution in [0.2, 0.25) is 5.02 Å². The summed E-state index contributed by atoms with van der Waals surface area (Å²) in [4.78, 5) is 18.8. The predicted octanol–water partition coefficient (Wildman–Crippen LogP) is 5.69. The number of nitrogens with zero attached hydrogens (tertiary/aromatic N) is 1. The molecule has 0 amide bonds. The molecule has 0 aliphatic heterocycles. The van der Waals surface area contributed by atoms with E-state index in [-0.39, 0.29) is 10.8 Å². The summed E-state index contributed by atoms with van der Waals surface area (Å²) in [7, 11) is 0. The Balaban J connectivity index is 1.39. The van der Waals surface area contributed by atoms with Gasteiger partial charge in [-0.1, -0.05) is 29.0 Å². The van der Waals surface area contributed by atoms with Gasteiger partial charge in [-0.3, -0.25) is 9.78 Å². The molecule has 0 fully saturated rings. The lowest BCUT2D eigenvalue weighted by atomic mass is 10.1. The first-order valence-electron chi connectivity index (χ1n) is 9.59. The third-order valence-electron chi connectivity index (χ3n) is 5.02. The molecule has 0 saturated carbocycles. The van der Waals surface area contributed by atoms with Crippen molar-refractivity contribution in [3.63, 3.8) is 0 Å². The molecular formula is C23H17ClN2O4S. The lowest BCUT2D eigenvalue weighted by Gasteiger charge is -1.99. The molecule has 156 valence electrons. The zero-order chi connectivity index (χ0) is 21.5. The van der Waals surface area contributed by atoms with Crippen molar-refractivity contribution in [2.75, 3.05) is 0 Å². The van der Waals surface area contributed by atoms with Gasteiger partial charge in [-0.15, -0.1) is 0 Å². The normalized spacial score (nSPS) is 11.4. The van der Waals surface area contributed by atoms with Gasteiger partial charge in [0.1, 0.15) is 17.1 Å². The molecule has 0 spiro atoms. The molecule has 3 heterocycles. The fourth-order valence-electron chi connectivity index (χ4n) is 3.48. The highest BCUT2D eigenvalue weighted by Gasteiger charge is 2.15. The average molecular weight is 453 g/mol. The van der Waals surface area contributed by atoms with Crippen LogP contribution in [-0.2, 0) is 12.8 Å². The molecule has 8 heteroatoms. The zero-order valence-corrected chi connectivity index (χ0v) is 18.0. The Hall–Kier alpha value is -3.29. The Morgan fingerprint density at radius 1 is 1.10 bits per heavy atom. The summed E-state index contributed by atoms with van der Waals surface area (Å²) in [5, 5.41) is 11.4. The number of hydrogen-bond donors (Lipinski definition) is 2. The number of benzene rings is 2. The second-order valence-corrected chi connectivity index (χ2v) is 8.76. The number of aromatic amines is 1. The largest absolute Gasteiger partial charge is 0.494 e. The number of thiazole rings is 1. The maximum Gasteiger partial charge on any atom is 0.307 e. The van der Waals surface area contributed by atoms with E-state index < -0.39 is 0 Å². The Morgan fingerprint density at radius 3 is 2.65 bits per heavy atom. The van der Waals surface area contributed by atoms with Gasteiger partial charge in [0.25, 0.3) is 0 Å². The van der Waals surface area contributed by atoms with E-state index in [1.54, 1.807) is 12.1 Å². The molecule has 3 aromatic heterocycles. The monoisotopic (exact) mass is 452 g/mol. The van der Waals surface area contributed by atoms with Crippen LogP contribution in [0.5, 0.6) is 5.88 Å². The molecule has 0 bridgehead atoms. The van der Waals surface area contributed by atoms with Crippen molar-refractivity contribution in [2.24, 2.45) is 0 Å². The van der Waals surface area contributed by atoms with Crippen LogP contribution >= 0.6 is 22.9 Å². The second kappa shape index (κ2) is 7.76. The van der Waals surface area contributed by atoms with Crippen LogP contribution in [0, 0.1) is 6.92 Å². The standard InChI is InChI=1S/C23H17ClN2O4S/c1-12-18(25-22(29-12)14-3-5-16(24)6-4-14)11-17-10-15-8-13(2-7-19(15)30-17)9-20-21(27)26-23(28)31-20/h2-8,10,27H,9,11H2,1H3,(H,26,28). The maximum atomic E-state index is 11.4. The molecule has 0 unspecified atom stereocenters. The van der Waals surface area contributed by atoms with Crippen LogP contribution in [-0.4, -0.2) is 15.1 Å². The first kappa shape index (κ1) is 19.7. The van der Waals surface area contributed by atoms with E-state index in [1.165, 1.54) is 0 Å². The highest BCUT2D eigenvalue weighted by atomic mass is 35.5. The van der Waals surface area contributed by atoms with Gasteiger partial charge in [0, 0.05) is 22.4 Å². The van der Waals surface area contributed by atoms with E-state index in [0.717, 1.165) is 50.6 Å². The topological polar surface area (TPSA) is 92.3 Å². The summed E-state index contributed by atoms with van der Waals surface area (Å²) in [6.45, 7) is 1.89. The van der Waals surface area contributed by atoms with Crippen molar-refractivity contribution in [1.29, 1.82) is 0 Å². The third-order valence-corrected chi connectivity index (χ3v) is 6.15. The molecule has 0 saturated heterocycles. The van der Waals surface area contributed by atoms with E-state index >= 15 is 0 Å². The highest BCUT2D eigenvalue weighted by Crippen LogP contribution is 2.28. The third kappa shape index (κ3) is 4.02. The van der Waals surface area contributed by atoms with Crippen LogP contribution in [0.25, 0.3) is 22.4 Å². The fourth-order valence-corrected chi connectivity index (χ4v) is 4.36. The molecule has 6 nitrogen and oxygen atoms in total. The Morgan fingerprint density at radius 2 is 1.90 bits per heavy atom. The molecule has 31 heavy (non-hydrogen) atoms. The number of rotatable bonds is 5. The number of aryl methyl sites for hydroxylation is 1. The molecule has 0 aliphatic carbocycles. The van der Waals surface area contributed by atoms with Crippen LogP contribution in [0.4, 0.5) is 0 Å². The fraction of sp³-hybridized carbons (Fsp3) is 0.130. The number of halogens is 1. The lowest BCUT2D eigenvalue weighted by molar-refractivity contribution is 0.451. The summed E-state index contributed by atoms with van der Waals surface area (Å²) in [5.41, 5.74) is 3.42. The first-order valence-corrected chi connectivity index (χ1v) is 10.8. The van der Waals surface area contributed by atoms with Crippen molar-refractivity contribution in [3.05, 3.63) is 90.9 Å². The summed E-state index contributed by atoms with van der Waals surface area (Å²) >= 11 is 6.97. The van der Waals surface area contributed by atoms with Gasteiger partial charge in [-0.2, -0.15) is 0 Å². The van der Waals surface area contributed by atoms with Crippen molar-refractivity contribution in [1.82, 2.24) is 9.97 Å². The predicted molar refractivity (Wildman–Crippen MR) is 120 cm³/mol. The highest BCUT2D eigenvalue weighted by molar-refractivity contribution is 7.09. The Labute approximate surface area is 185 Å². The van der Waals surface area contributed by atoms with Crippen molar-refractivity contribution in [2.45, 2.75) is 19.8 Å². The molecule has 5 aromatic rings. The Kier molecular flexibility index (Phi) is 4.92. The van der Waals surface area contributed by atoms with Gasteiger partial charge in [0.2, 0.25) is 11.8 Å². The van der Waals surface area contributed by atoms with Crippen LogP contribution in [0.3, 0.4) is 0 Å². The minimum atomic E-state index is -0.264. The van der Waals surface area contributed by atoms with E-state index in [9.17, 15) is 9.90 Å². The zero-order valence-electron chi connectivity index (χ0n) is 16.4. The number of nitrogens with one attached hydrogen (secondary N) is 1. The van der Waals surface area contributed by atoms with Crippen molar-refractivity contribution in [3.8, 4) is 17.3 Å². The minimum Gasteiger partial charge on any atom is -0.494 e. The number of furan rings is 1. The molecule has 2 N–H and O–H groups in total.